The highest BCUT2D eigenvalue weighted by Gasteiger charge is 2.25. The molecule has 5 rings (SSSR count). The van der Waals surface area contributed by atoms with Gasteiger partial charge in [-0.2, -0.15) is 0 Å². The van der Waals surface area contributed by atoms with E-state index in [1.54, 1.807) is 0 Å². The van der Waals surface area contributed by atoms with Crippen molar-refractivity contribution in [2.24, 2.45) is 4.99 Å². The number of hydrogen-bond donors (Lipinski definition) is 1. The molecule has 2 aliphatic carbocycles. The second-order valence-corrected chi connectivity index (χ2v) is 9.54. The fraction of sp³-hybridized carbons (Fsp3) is 0.385. The van der Waals surface area contributed by atoms with Crippen LogP contribution in [-0.4, -0.2) is 16.5 Å². The summed E-state index contributed by atoms with van der Waals surface area (Å²) < 4.78 is 0. The standard InChI is InChI=1S/C26H29N3S/c1-2-3-6-18-7-4-8-21(14-10-18)30-25-22-9-5-16-27-26(22)29-24(25)20-13-15-23(28-17-20)19-11-12-19/h4,7,9-10,13-15,17,19H,2-3,5-6,8,11-12,16H2,1H3,(H,27,29). The lowest BCUT2D eigenvalue weighted by molar-refractivity contribution is 0.798. The molecule has 0 atom stereocenters. The summed E-state index contributed by atoms with van der Waals surface area (Å²) in [6.07, 6.45) is 21.8. The van der Waals surface area contributed by atoms with Gasteiger partial charge in [-0.25, -0.2) is 0 Å². The number of rotatable bonds is 7. The zero-order chi connectivity index (χ0) is 20.3. The molecule has 0 radical (unpaired) electrons. The Labute approximate surface area is 182 Å². The van der Waals surface area contributed by atoms with Crippen molar-refractivity contribution in [3.8, 4) is 11.3 Å². The van der Waals surface area contributed by atoms with Gasteiger partial charge >= 0.3 is 0 Å². The van der Waals surface area contributed by atoms with E-state index in [0.717, 1.165) is 42.6 Å². The number of nitrogens with zero attached hydrogens (tertiary/aromatic N) is 2. The maximum atomic E-state index is 4.76. The van der Waals surface area contributed by atoms with Crippen molar-refractivity contribution in [2.45, 2.75) is 62.7 Å². The van der Waals surface area contributed by atoms with E-state index in [1.165, 1.54) is 52.0 Å². The van der Waals surface area contributed by atoms with Crippen LogP contribution in [0.15, 0.2) is 63.0 Å². The van der Waals surface area contributed by atoms with E-state index < -0.39 is 0 Å². The molecule has 1 aliphatic heterocycles. The van der Waals surface area contributed by atoms with Crippen molar-refractivity contribution in [3.05, 3.63) is 69.5 Å². The smallest absolute Gasteiger partial charge is 0.133 e. The minimum atomic E-state index is 0.685. The molecule has 0 bridgehead atoms. The molecule has 0 aromatic carbocycles. The number of hydrogen-bond acceptors (Lipinski definition) is 3. The highest BCUT2D eigenvalue weighted by atomic mass is 32.2. The molecule has 1 saturated carbocycles. The van der Waals surface area contributed by atoms with Crippen LogP contribution in [0.4, 0.5) is 0 Å². The van der Waals surface area contributed by atoms with Crippen molar-refractivity contribution in [1.82, 2.24) is 9.97 Å². The Hall–Kier alpha value is -2.33. The third-order valence-electron chi connectivity index (χ3n) is 5.97. The summed E-state index contributed by atoms with van der Waals surface area (Å²) in [6.45, 7) is 3.12. The van der Waals surface area contributed by atoms with Gasteiger partial charge in [0, 0.05) is 40.0 Å². The summed E-state index contributed by atoms with van der Waals surface area (Å²) in [7, 11) is 0. The summed E-state index contributed by atoms with van der Waals surface area (Å²) in [4.78, 5) is 15.8. The van der Waals surface area contributed by atoms with Crippen LogP contribution in [0.5, 0.6) is 0 Å². The topological polar surface area (TPSA) is 41.0 Å². The Morgan fingerprint density at radius 2 is 2.13 bits per heavy atom. The van der Waals surface area contributed by atoms with Gasteiger partial charge in [0.05, 0.1) is 5.69 Å². The lowest BCUT2D eigenvalue weighted by Crippen LogP contribution is -2.27. The molecular formula is C26H29N3S. The molecule has 1 fully saturated rings. The Kier molecular flexibility index (Phi) is 5.76. The number of fused-ring (bicyclic) bond motifs is 1. The Morgan fingerprint density at radius 3 is 2.93 bits per heavy atom. The number of nitrogens with one attached hydrogen (secondary N) is 1. The first kappa shape index (κ1) is 19.6. The van der Waals surface area contributed by atoms with E-state index in [-0.39, 0.29) is 0 Å². The fourth-order valence-corrected chi connectivity index (χ4v) is 5.21. The van der Waals surface area contributed by atoms with E-state index >= 15 is 0 Å². The quantitative estimate of drug-likeness (QED) is 0.620. The average Bonchev–Trinajstić information content (AvgIpc) is 3.59. The number of allylic oxidation sites excluding steroid dienone is 6. The molecule has 0 unspecified atom stereocenters. The van der Waals surface area contributed by atoms with Crippen molar-refractivity contribution in [2.75, 3.05) is 6.54 Å². The van der Waals surface area contributed by atoms with Crippen molar-refractivity contribution in [3.63, 3.8) is 0 Å². The third-order valence-corrected chi connectivity index (χ3v) is 7.17. The number of aromatic amines is 1. The maximum absolute atomic E-state index is 4.76. The number of aromatic nitrogens is 2. The van der Waals surface area contributed by atoms with E-state index in [1.807, 2.05) is 18.0 Å². The first-order chi connectivity index (χ1) is 14.8. The SMILES string of the molecule is CCCCC1=CC=C(Sc2c(-c3ccc(C4CC4)nc3)[nH]c3c2=CCCN=3)CC=C1. The van der Waals surface area contributed by atoms with E-state index in [2.05, 4.69) is 54.4 Å². The Morgan fingerprint density at radius 1 is 1.20 bits per heavy atom. The molecule has 4 heteroatoms. The summed E-state index contributed by atoms with van der Waals surface area (Å²) in [5.41, 5.74) is 6.01. The molecule has 2 aromatic heterocycles. The van der Waals surface area contributed by atoms with Gasteiger partial charge in [0.2, 0.25) is 0 Å². The summed E-state index contributed by atoms with van der Waals surface area (Å²) in [5.74, 6) is 0.685. The van der Waals surface area contributed by atoms with Gasteiger partial charge < -0.3 is 4.98 Å². The molecule has 154 valence electrons. The summed E-state index contributed by atoms with van der Waals surface area (Å²) in [5, 5.41) is 1.26. The molecule has 3 heterocycles. The minimum absolute atomic E-state index is 0.685. The Bertz CT molecular complexity index is 1130. The molecule has 3 nitrogen and oxygen atoms in total. The molecule has 3 aliphatic rings. The van der Waals surface area contributed by atoms with Crippen molar-refractivity contribution < 1.29 is 0 Å². The maximum Gasteiger partial charge on any atom is 0.133 e. The molecule has 0 spiro atoms. The molecule has 0 amide bonds. The minimum Gasteiger partial charge on any atom is -0.339 e. The second kappa shape index (κ2) is 8.81. The number of unbranched alkanes of at least 4 members (excludes halogenated alkanes) is 1. The number of pyridine rings is 1. The third kappa shape index (κ3) is 4.24. The number of thioether (sulfide) groups is 1. The lowest BCUT2D eigenvalue weighted by atomic mass is 10.1. The zero-order valence-electron chi connectivity index (χ0n) is 17.7. The van der Waals surface area contributed by atoms with Crippen LogP contribution in [0.25, 0.3) is 17.3 Å². The monoisotopic (exact) mass is 415 g/mol. The van der Waals surface area contributed by atoms with Gasteiger partial charge in [-0.15, -0.1) is 0 Å². The van der Waals surface area contributed by atoms with Crippen LogP contribution in [-0.2, 0) is 0 Å². The Balaban J connectivity index is 1.49. The van der Waals surface area contributed by atoms with Gasteiger partial charge in [-0.05, 0) is 61.1 Å². The van der Waals surface area contributed by atoms with E-state index in [9.17, 15) is 0 Å². The highest BCUT2D eigenvalue weighted by Crippen LogP contribution is 2.40. The molecule has 0 saturated heterocycles. The first-order valence-corrected chi connectivity index (χ1v) is 12.1. The average molecular weight is 416 g/mol. The molecule has 2 aromatic rings. The van der Waals surface area contributed by atoms with Gasteiger partial charge in [0.1, 0.15) is 5.49 Å². The van der Waals surface area contributed by atoms with Gasteiger partial charge in [-0.1, -0.05) is 55.5 Å². The predicted octanol–water partition coefficient (Wildman–Crippen LogP) is 5.81. The molecule has 1 N–H and O–H groups in total. The lowest BCUT2D eigenvalue weighted by Gasteiger charge is -2.07. The van der Waals surface area contributed by atoms with E-state index in [0.29, 0.717) is 5.92 Å². The summed E-state index contributed by atoms with van der Waals surface area (Å²) >= 11 is 1.88. The van der Waals surface area contributed by atoms with E-state index in [4.69, 9.17) is 9.98 Å². The van der Waals surface area contributed by atoms with Crippen LogP contribution in [0.1, 0.15) is 63.5 Å². The molecular weight excluding hydrogens is 386 g/mol. The first-order valence-electron chi connectivity index (χ1n) is 11.3. The highest BCUT2D eigenvalue weighted by molar-refractivity contribution is 8.03. The predicted molar refractivity (Wildman–Crippen MR) is 126 cm³/mol. The van der Waals surface area contributed by atoms with Crippen LogP contribution < -0.4 is 10.7 Å². The van der Waals surface area contributed by atoms with Gasteiger partial charge in [0.15, 0.2) is 0 Å². The van der Waals surface area contributed by atoms with Crippen LogP contribution in [0.3, 0.4) is 0 Å². The van der Waals surface area contributed by atoms with Crippen LogP contribution >= 0.6 is 11.8 Å². The molecule has 30 heavy (non-hydrogen) atoms. The zero-order valence-corrected chi connectivity index (χ0v) is 18.5. The number of H-pyrrole nitrogens is 1. The largest absolute Gasteiger partial charge is 0.339 e. The van der Waals surface area contributed by atoms with Crippen molar-refractivity contribution >= 4 is 17.8 Å². The summed E-state index contributed by atoms with van der Waals surface area (Å²) in [6, 6.07) is 4.44. The van der Waals surface area contributed by atoms with Crippen LogP contribution in [0.2, 0.25) is 0 Å². The normalized spacial score (nSPS) is 18.0. The van der Waals surface area contributed by atoms with Gasteiger partial charge in [-0.3, -0.25) is 9.98 Å². The fourth-order valence-electron chi connectivity index (χ4n) is 4.07. The second-order valence-electron chi connectivity index (χ2n) is 8.40. The van der Waals surface area contributed by atoms with Crippen molar-refractivity contribution in [1.29, 1.82) is 0 Å². The van der Waals surface area contributed by atoms with Crippen LogP contribution in [0, 0.1) is 0 Å². The van der Waals surface area contributed by atoms with Gasteiger partial charge in [0.25, 0.3) is 0 Å².